The minimum atomic E-state index is -0.296. The van der Waals surface area contributed by atoms with E-state index in [9.17, 15) is 4.79 Å². The maximum Gasteiger partial charge on any atom is 0.271 e. The number of carbonyl (C=O) groups is 1. The Kier molecular flexibility index (Phi) is 7.85. The second-order valence-electron chi connectivity index (χ2n) is 6.88. The van der Waals surface area contributed by atoms with Gasteiger partial charge in [0, 0.05) is 5.56 Å². The van der Waals surface area contributed by atoms with Crippen LogP contribution >= 0.6 is 11.6 Å². The molecule has 7 heteroatoms. The zero-order valence-corrected chi connectivity index (χ0v) is 18.5. The van der Waals surface area contributed by atoms with Gasteiger partial charge in [-0.1, -0.05) is 41.9 Å². The largest absolute Gasteiger partial charge is 0.490 e. The molecule has 162 valence electrons. The summed E-state index contributed by atoms with van der Waals surface area (Å²) in [5.74, 6) is 0.565. The summed E-state index contributed by atoms with van der Waals surface area (Å²) in [6.45, 7) is 4.37. The molecule has 3 rings (SSSR count). The van der Waals surface area contributed by atoms with E-state index in [1.54, 1.807) is 42.5 Å². The molecule has 0 saturated carbocycles. The monoisotopic (exact) mass is 447 g/mol. The molecule has 1 N–H and O–H groups in total. The van der Waals surface area contributed by atoms with E-state index in [-0.39, 0.29) is 12.5 Å². The average molecular weight is 448 g/mol. The van der Waals surface area contributed by atoms with Crippen LogP contribution in [0, 0.1) is 18.3 Å². The molecule has 0 aliphatic rings. The molecule has 0 aliphatic carbocycles. The fourth-order valence-electron chi connectivity index (χ4n) is 3.00. The van der Waals surface area contributed by atoms with Crippen LogP contribution in [0.3, 0.4) is 0 Å². The number of carbonyl (C=O) groups excluding carboxylic acids is 1. The second kappa shape index (κ2) is 11.0. The van der Waals surface area contributed by atoms with Crippen LogP contribution in [0.5, 0.6) is 11.5 Å². The standard InChI is InChI=1S/C25H22ClN3O3/c1-3-31-23-13-20(15-28-29-25(30)21-10-5-4-7-17(21)2)12-22(26)24(23)32-16-19-9-6-8-18(11-19)14-27/h4-13,15H,3,16H2,1-2H3,(H,29,30)/b28-15-. The summed E-state index contributed by atoms with van der Waals surface area (Å²) < 4.78 is 11.6. The Balaban J connectivity index is 1.74. The van der Waals surface area contributed by atoms with Gasteiger partial charge in [-0.2, -0.15) is 10.4 Å². The molecule has 32 heavy (non-hydrogen) atoms. The molecule has 0 heterocycles. The van der Waals surface area contributed by atoms with Crippen molar-refractivity contribution in [2.45, 2.75) is 20.5 Å². The molecule has 0 bridgehead atoms. The highest BCUT2D eigenvalue weighted by Gasteiger charge is 2.13. The van der Waals surface area contributed by atoms with Crippen LogP contribution < -0.4 is 14.9 Å². The fraction of sp³-hybridized carbons (Fsp3) is 0.160. The highest BCUT2D eigenvalue weighted by molar-refractivity contribution is 6.32. The molecule has 0 aromatic heterocycles. The molecule has 1 amide bonds. The van der Waals surface area contributed by atoms with E-state index in [1.165, 1.54) is 6.21 Å². The first-order valence-corrected chi connectivity index (χ1v) is 10.4. The summed E-state index contributed by atoms with van der Waals surface area (Å²) in [5, 5.41) is 13.4. The lowest BCUT2D eigenvalue weighted by Crippen LogP contribution is -2.18. The van der Waals surface area contributed by atoms with Gasteiger partial charge >= 0.3 is 0 Å². The molecule has 3 aromatic rings. The van der Waals surface area contributed by atoms with Gasteiger partial charge in [-0.05, 0) is 60.9 Å². The third kappa shape index (κ3) is 5.87. The average Bonchev–Trinajstić information content (AvgIpc) is 2.79. The maximum atomic E-state index is 12.3. The van der Waals surface area contributed by atoms with E-state index in [0.29, 0.717) is 39.8 Å². The number of nitriles is 1. The molecule has 0 spiro atoms. The number of aryl methyl sites for hydroxylation is 1. The van der Waals surface area contributed by atoms with E-state index in [1.807, 2.05) is 32.0 Å². The predicted octanol–water partition coefficient (Wildman–Crippen LogP) is 5.26. The van der Waals surface area contributed by atoms with Crippen molar-refractivity contribution in [3.63, 3.8) is 0 Å². The van der Waals surface area contributed by atoms with E-state index in [0.717, 1.165) is 11.1 Å². The van der Waals surface area contributed by atoms with Crippen molar-refractivity contribution in [3.05, 3.63) is 93.5 Å². The first-order valence-electron chi connectivity index (χ1n) is 9.99. The Morgan fingerprint density at radius 1 is 1.16 bits per heavy atom. The number of hydrogen-bond acceptors (Lipinski definition) is 5. The van der Waals surface area contributed by atoms with Crippen molar-refractivity contribution < 1.29 is 14.3 Å². The summed E-state index contributed by atoms with van der Waals surface area (Å²) in [4.78, 5) is 12.3. The van der Waals surface area contributed by atoms with Crippen LogP contribution in [0.4, 0.5) is 0 Å². The van der Waals surface area contributed by atoms with Crippen molar-refractivity contribution >= 4 is 23.7 Å². The molecular weight excluding hydrogens is 426 g/mol. The van der Waals surface area contributed by atoms with Gasteiger partial charge in [-0.3, -0.25) is 4.79 Å². The Labute approximate surface area is 192 Å². The van der Waals surface area contributed by atoms with Crippen molar-refractivity contribution in [3.8, 4) is 17.6 Å². The zero-order valence-electron chi connectivity index (χ0n) is 17.8. The summed E-state index contributed by atoms with van der Waals surface area (Å²) in [6.07, 6.45) is 1.49. The minimum absolute atomic E-state index is 0.231. The van der Waals surface area contributed by atoms with Crippen molar-refractivity contribution in [1.29, 1.82) is 5.26 Å². The summed E-state index contributed by atoms with van der Waals surface area (Å²) in [7, 11) is 0. The van der Waals surface area contributed by atoms with Crippen molar-refractivity contribution in [2.24, 2.45) is 5.10 Å². The topological polar surface area (TPSA) is 83.7 Å². The third-order valence-corrected chi connectivity index (χ3v) is 4.82. The van der Waals surface area contributed by atoms with Gasteiger partial charge in [0.15, 0.2) is 11.5 Å². The van der Waals surface area contributed by atoms with E-state index < -0.39 is 0 Å². The molecule has 0 saturated heterocycles. The van der Waals surface area contributed by atoms with Gasteiger partial charge in [-0.25, -0.2) is 5.43 Å². The number of hydrogen-bond donors (Lipinski definition) is 1. The SMILES string of the molecule is CCOc1cc(/C=N\NC(=O)c2ccccc2C)cc(Cl)c1OCc1cccc(C#N)c1. The molecule has 0 atom stereocenters. The molecule has 3 aromatic carbocycles. The molecule has 0 unspecified atom stereocenters. The van der Waals surface area contributed by atoms with Gasteiger partial charge in [0.1, 0.15) is 6.61 Å². The van der Waals surface area contributed by atoms with E-state index in [2.05, 4.69) is 16.6 Å². The lowest BCUT2D eigenvalue weighted by molar-refractivity contribution is 0.0954. The summed E-state index contributed by atoms with van der Waals surface area (Å²) in [6, 6.07) is 19.9. The predicted molar refractivity (Wildman–Crippen MR) is 124 cm³/mol. The number of benzene rings is 3. The molecule has 6 nitrogen and oxygen atoms in total. The number of nitrogens with one attached hydrogen (secondary N) is 1. The second-order valence-corrected chi connectivity index (χ2v) is 7.29. The van der Waals surface area contributed by atoms with Gasteiger partial charge in [-0.15, -0.1) is 0 Å². The smallest absolute Gasteiger partial charge is 0.271 e. The summed E-state index contributed by atoms with van der Waals surface area (Å²) >= 11 is 6.45. The quantitative estimate of drug-likeness (QED) is 0.377. The van der Waals surface area contributed by atoms with Gasteiger partial charge in [0.05, 0.1) is 29.5 Å². The van der Waals surface area contributed by atoms with Gasteiger partial charge in [0.25, 0.3) is 5.91 Å². The van der Waals surface area contributed by atoms with Crippen LogP contribution in [0.1, 0.15) is 39.5 Å². The van der Waals surface area contributed by atoms with Gasteiger partial charge in [0.2, 0.25) is 0 Å². The van der Waals surface area contributed by atoms with Crippen molar-refractivity contribution in [2.75, 3.05) is 6.61 Å². The number of halogens is 1. The lowest BCUT2D eigenvalue weighted by Gasteiger charge is -2.14. The maximum absolute atomic E-state index is 12.3. The molecular formula is C25H22ClN3O3. The molecule has 0 aliphatic heterocycles. The Hall–Kier alpha value is -3.82. The highest BCUT2D eigenvalue weighted by atomic mass is 35.5. The van der Waals surface area contributed by atoms with Crippen LogP contribution in [-0.4, -0.2) is 18.7 Å². The Morgan fingerprint density at radius 3 is 2.72 bits per heavy atom. The highest BCUT2D eigenvalue weighted by Crippen LogP contribution is 2.37. The number of ether oxygens (including phenoxy) is 2. The Morgan fingerprint density at radius 2 is 1.97 bits per heavy atom. The summed E-state index contributed by atoms with van der Waals surface area (Å²) in [5.41, 5.74) is 5.98. The first-order chi connectivity index (χ1) is 15.5. The molecule has 0 radical (unpaired) electrons. The minimum Gasteiger partial charge on any atom is -0.490 e. The number of rotatable bonds is 8. The zero-order chi connectivity index (χ0) is 22.9. The lowest BCUT2D eigenvalue weighted by atomic mass is 10.1. The third-order valence-electron chi connectivity index (χ3n) is 4.54. The first kappa shape index (κ1) is 22.9. The van der Waals surface area contributed by atoms with Crippen LogP contribution in [0.25, 0.3) is 0 Å². The number of nitrogens with zero attached hydrogens (tertiary/aromatic N) is 2. The number of amides is 1. The van der Waals surface area contributed by atoms with Gasteiger partial charge < -0.3 is 9.47 Å². The number of hydrazone groups is 1. The van der Waals surface area contributed by atoms with Crippen LogP contribution in [-0.2, 0) is 6.61 Å². The van der Waals surface area contributed by atoms with E-state index in [4.69, 9.17) is 26.3 Å². The Bertz CT molecular complexity index is 1190. The van der Waals surface area contributed by atoms with Crippen molar-refractivity contribution in [1.82, 2.24) is 5.43 Å². The van der Waals surface area contributed by atoms with Crippen LogP contribution in [0.2, 0.25) is 5.02 Å². The van der Waals surface area contributed by atoms with Crippen LogP contribution in [0.15, 0.2) is 65.8 Å². The fourth-order valence-corrected chi connectivity index (χ4v) is 3.28. The normalized spacial score (nSPS) is 10.6. The van der Waals surface area contributed by atoms with E-state index >= 15 is 0 Å². The molecule has 0 fully saturated rings.